The van der Waals surface area contributed by atoms with Crippen LogP contribution in [0.15, 0.2) is 53.9 Å². The number of nitrogens with one attached hydrogen (secondary N) is 1. The number of aromatic nitrogens is 1. The zero-order valence-electron chi connectivity index (χ0n) is 16.9. The standard InChI is InChI=1S/C22H22N2O5S/c1-26-18-12-20(28-3)19(27-2)11-15(18)9-10-21(25)29-13-17-14-30-22(24-17)23-16-7-5-4-6-8-16/h4-12,14H,13H2,1-3H3,(H,23,24)/b10-9+. The molecular formula is C22H22N2O5S. The molecule has 1 aromatic heterocycles. The Morgan fingerprint density at radius 2 is 1.73 bits per heavy atom. The smallest absolute Gasteiger partial charge is 0.331 e. The molecule has 3 aromatic rings. The number of carbonyl (C=O) groups is 1. The number of ether oxygens (including phenoxy) is 4. The minimum absolute atomic E-state index is 0.0826. The van der Waals surface area contributed by atoms with Gasteiger partial charge in [-0.3, -0.25) is 0 Å². The summed E-state index contributed by atoms with van der Waals surface area (Å²) in [4.78, 5) is 16.5. The van der Waals surface area contributed by atoms with Crippen molar-refractivity contribution >= 4 is 34.2 Å². The summed E-state index contributed by atoms with van der Waals surface area (Å²) in [5.41, 5.74) is 2.28. The van der Waals surface area contributed by atoms with Gasteiger partial charge >= 0.3 is 5.97 Å². The second-order valence-corrected chi connectivity index (χ2v) is 6.88. The number of methoxy groups -OCH3 is 3. The predicted octanol–water partition coefficient (Wildman–Crippen LogP) is 4.67. The van der Waals surface area contributed by atoms with E-state index in [0.29, 0.717) is 28.5 Å². The molecule has 156 valence electrons. The topological polar surface area (TPSA) is 78.9 Å². The summed E-state index contributed by atoms with van der Waals surface area (Å²) in [7, 11) is 4.63. The van der Waals surface area contributed by atoms with Gasteiger partial charge in [-0.2, -0.15) is 0 Å². The van der Waals surface area contributed by atoms with E-state index in [1.807, 2.05) is 35.7 Å². The van der Waals surface area contributed by atoms with E-state index >= 15 is 0 Å². The molecule has 7 nitrogen and oxygen atoms in total. The van der Waals surface area contributed by atoms with Gasteiger partial charge in [-0.05, 0) is 24.3 Å². The summed E-state index contributed by atoms with van der Waals surface area (Å²) in [6.07, 6.45) is 2.94. The van der Waals surface area contributed by atoms with E-state index in [2.05, 4.69) is 10.3 Å². The summed E-state index contributed by atoms with van der Waals surface area (Å²) in [5, 5.41) is 5.79. The van der Waals surface area contributed by atoms with Crippen molar-refractivity contribution in [3.8, 4) is 17.2 Å². The van der Waals surface area contributed by atoms with Gasteiger partial charge in [0.15, 0.2) is 16.6 Å². The quantitative estimate of drug-likeness (QED) is 0.393. The van der Waals surface area contributed by atoms with Crippen LogP contribution in [-0.2, 0) is 16.1 Å². The fourth-order valence-electron chi connectivity index (χ4n) is 2.61. The van der Waals surface area contributed by atoms with E-state index in [9.17, 15) is 4.79 Å². The zero-order valence-corrected chi connectivity index (χ0v) is 17.7. The highest BCUT2D eigenvalue weighted by atomic mass is 32.1. The largest absolute Gasteiger partial charge is 0.496 e. The van der Waals surface area contributed by atoms with Gasteiger partial charge in [0.2, 0.25) is 0 Å². The van der Waals surface area contributed by atoms with E-state index < -0.39 is 5.97 Å². The molecule has 8 heteroatoms. The average Bonchev–Trinajstić information content (AvgIpc) is 3.23. The maximum atomic E-state index is 12.1. The first-order valence-corrected chi connectivity index (χ1v) is 9.92. The molecule has 0 spiro atoms. The van der Waals surface area contributed by atoms with E-state index in [4.69, 9.17) is 18.9 Å². The lowest BCUT2D eigenvalue weighted by Gasteiger charge is -2.12. The molecule has 1 N–H and O–H groups in total. The molecule has 0 saturated heterocycles. The van der Waals surface area contributed by atoms with Gasteiger partial charge in [0.25, 0.3) is 0 Å². The number of nitrogens with zero attached hydrogens (tertiary/aromatic N) is 1. The van der Waals surface area contributed by atoms with Crippen LogP contribution in [0.5, 0.6) is 17.2 Å². The van der Waals surface area contributed by atoms with Crippen molar-refractivity contribution in [3.05, 3.63) is 65.2 Å². The van der Waals surface area contributed by atoms with Gasteiger partial charge in [-0.1, -0.05) is 18.2 Å². The van der Waals surface area contributed by atoms with Crippen molar-refractivity contribution in [1.29, 1.82) is 0 Å². The fourth-order valence-corrected chi connectivity index (χ4v) is 3.32. The van der Waals surface area contributed by atoms with Crippen molar-refractivity contribution in [1.82, 2.24) is 4.98 Å². The summed E-state index contributed by atoms with van der Waals surface area (Å²) in [6.45, 7) is 0.0826. The van der Waals surface area contributed by atoms with E-state index in [1.54, 1.807) is 39.5 Å². The summed E-state index contributed by atoms with van der Waals surface area (Å²) >= 11 is 1.44. The van der Waals surface area contributed by atoms with Gasteiger partial charge in [-0.15, -0.1) is 11.3 Å². The third-order valence-electron chi connectivity index (χ3n) is 4.07. The molecule has 30 heavy (non-hydrogen) atoms. The number of hydrogen-bond donors (Lipinski definition) is 1. The Morgan fingerprint density at radius 1 is 1.03 bits per heavy atom. The number of hydrogen-bond acceptors (Lipinski definition) is 8. The minimum Gasteiger partial charge on any atom is -0.496 e. The van der Waals surface area contributed by atoms with Gasteiger partial charge < -0.3 is 24.3 Å². The van der Waals surface area contributed by atoms with Crippen LogP contribution in [0.3, 0.4) is 0 Å². The first-order valence-electron chi connectivity index (χ1n) is 9.04. The first kappa shape index (κ1) is 21.2. The second-order valence-electron chi connectivity index (χ2n) is 6.03. The monoisotopic (exact) mass is 426 g/mol. The number of anilines is 2. The second kappa shape index (κ2) is 10.3. The van der Waals surface area contributed by atoms with Crippen LogP contribution in [0.25, 0.3) is 6.08 Å². The van der Waals surface area contributed by atoms with Crippen LogP contribution < -0.4 is 19.5 Å². The number of para-hydroxylation sites is 1. The Hall–Kier alpha value is -3.52. The Balaban J connectivity index is 1.59. The first-order chi connectivity index (χ1) is 14.6. The normalized spacial score (nSPS) is 10.6. The number of carbonyl (C=O) groups excluding carboxylic acids is 1. The highest BCUT2D eigenvalue weighted by Gasteiger charge is 2.11. The van der Waals surface area contributed by atoms with Crippen LogP contribution in [0.4, 0.5) is 10.8 Å². The molecule has 3 rings (SSSR count). The summed E-state index contributed by atoms with van der Waals surface area (Å²) in [6, 6.07) is 13.2. The number of benzene rings is 2. The maximum Gasteiger partial charge on any atom is 0.331 e. The van der Waals surface area contributed by atoms with Gasteiger partial charge in [-0.25, -0.2) is 9.78 Å². The molecule has 0 radical (unpaired) electrons. The molecule has 0 aliphatic heterocycles. The molecule has 0 saturated carbocycles. The molecule has 0 unspecified atom stereocenters. The highest BCUT2D eigenvalue weighted by Crippen LogP contribution is 2.35. The molecule has 0 bridgehead atoms. The van der Waals surface area contributed by atoms with E-state index in [-0.39, 0.29) is 6.61 Å². The molecule has 0 fully saturated rings. The van der Waals surface area contributed by atoms with Crippen molar-refractivity contribution in [2.75, 3.05) is 26.6 Å². The Labute approximate surface area is 178 Å². The Morgan fingerprint density at radius 3 is 2.43 bits per heavy atom. The molecule has 0 aliphatic rings. The fraction of sp³-hybridized carbons (Fsp3) is 0.182. The average molecular weight is 426 g/mol. The zero-order chi connectivity index (χ0) is 21.3. The summed E-state index contributed by atoms with van der Waals surface area (Å²) < 4.78 is 21.2. The molecule has 0 aliphatic carbocycles. The van der Waals surface area contributed by atoms with Crippen LogP contribution in [0, 0.1) is 0 Å². The molecular weight excluding hydrogens is 404 g/mol. The van der Waals surface area contributed by atoms with Crippen LogP contribution in [-0.4, -0.2) is 32.3 Å². The summed E-state index contributed by atoms with van der Waals surface area (Å²) in [5.74, 6) is 1.13. The molecule has 0 atom stereocenters. The number of esters is 1. The highest BCUT2D eigenvalue weighted by molar-refractivity contribution is 7.13. The van der Waals surface area contributed by atoms with Crippen molar-refractivity contribution < 1.29 is 23.7 Å². The van der Waals surface area contributed by atoms with Crippen molar-refractivity contribution in [2.45, 2.75) is 6.61 Å². The number of rotatable bonds is 9. The Kier molecular flexibility index (Phi) is 7.29. The lowest BCUT2D eigenvalue weighted by atomic mass is 10.1. The van der Waals surface area contributed by atoms with Gasteiger partial charge in [0.1, 0.15) is 12.4 Å². The SMILES string of the molecule is COc1cc(OC)c(OC)cc1/C=C/C(=O)OCc1csc(Nc2ccccc2)n1. The van der Waals surface area contributed by atoms with Crippen LogP contribution in [0.2, 0.25) is 0 Å². The third kappa shape index (κ3) is 5.51. The lowest BCUT2D eigenvalue weighted by molar-refractivity contribution is -0.139. The van der Waals surface area contributed by atoms with Gasteiger partial charge in [0.05, 0.1) is 27.0 Å². The molecule has 2 aromatic carbocycles. The number of thiazole rings is 1. The maximum absolute atomic E-state index is 12.1. The van der Waals surface area contributed by atoms with Crippen molar-refractivity contribution in [2.24, 2.45) is 0 Å². The van der Waals surface area contributed by atoms with Gasteiger partial charge in [0, 0.05) is 28.8 Å². The minimum atomic E-state index is -0.489. The predicted molar refractivity (Wildman–Crippen MR) is 117 cm³/mol. The third-order valence-corrected chi connectivity index (χ3v) is 4.88. The molecule has 1 heterocycles. The van der Waals surface area contributed by atoms with Crippen LogP contribution >= 0.6 is 11.3 Å². The van der Waals surface area contributed by atoms with E-state index in [1.165, 1.54) is 17.4 Å². The lowest BCUT2D eigenvalue weighted by Crippen LogP contribution is -2.01. The molecule has 0 amide bonds. The van der Waals surface area contributed by atoms with Crippen LogP contribution in [0.1, 0.15) is 11.3 Å². The Bertz CT molecular complexity index is 1020. The van der Waals surface area contributed by atoms with Crippen molar-refractivity contribution in [3.63, 3.8) is 0 Å². The van der Waals surface area contributed by atoms with E-state index in [0.717, 1.165) is 10.8 Å².